The van der Waals surface area contributed by atoms with Crippen LogP contribution in [0.5, 0.6) is 0 Å². The first-order valence-electron chi connectivity index (χ1n) is 5.25. The standard InChI is InChI=1S/C11H13ClFNO4S/c1-7-3-4-8(13)5-10(7)19(16,17)14-6-9(12)11(15)18-2/h3-5,9,14H,6H2,1-2H3. The van der Waals surface area contributed by atoms with Crippen molar-refractivity contribution in [3.05, 3.63) is 29.6 Å². The van der Waals surface area contributed by atoms with Gasteiger partial charge < -0.3 is 4.74 Å². The lowest BCUT2D eigenvalue weighted by atomic mass is 10.2. The van der Waals surface area contributed by atoms with E-state index in [1.165, 1.54) is 13.0 Å². The second-order valence-electron chi connectivity index (χ2n) is 3.75. The number of ether oxygens (including phenoxy) is 1. The maximum Gasteiger partial charge on any atom is 0.325 e. The molecule has 0 heterocycles. The number of hydrogen-bond acceptors (Lipinski definition) is 4. The summed E-state index contributed by atoms with van der Waals surface area (Å²) in [6.07, 6.45) is 0. The van der Waals surface area contributed by atoms with Crippen LogP contribution in [0.4, 0.5) is 4.39 Å². The Bertz CT molecular complexity index is 576. The predicted molar refractivity (Wildman–Crippen MR) is 68.0 cm³/mol. The van der Waals surface area contributed by atoms with Crippen molar-refractivity contribution in [1.29, 1.82) is 0 Å². The highest BCUT2D eigenvalue weighted by Crippen LogP contribution is 2.16. The number of benzene rings is 1. The van der Waals surface area contributed by atoms with Crippen molar-refractivity contribution in [1.82, 2.24) is 4.72 Å². The molecule has 5 nitrogen and oxygen atoms in total. The van der Waals surface area contributed by atoms with Crippen molar-refractivity contribution in [3.8, 4) is 0 Å². The summed E-state index contributed by atoms with van der Waals surface area (Å²) in [7, 11) is -2.79. The summed E-state index contributed by atoms with van der Waals surface area (Å²) in [6.45, 7) is 1.19. The lowest BCUT2D eigenvalue weighted by Crippen LogP contribution is -2.34. The van der Waals surface area contributed by atoms with E-state index in [2.05, 4.69) is 9.46 Å². The molecule has 0 spiro atoms. The molecule has 8 heteroatoms. The summed E-state index contributed by atoms with van der Waals surface area (Å²) in [5, 5.41) is -1.14. The zero-order valence-corrected chi connectivity index (χ0v) is 11.9. The number of aryl methyl sites for hydroxylation is 1. The fraction of sp³-hybridized carbons (Fsp3) is 0.364. The first kappa shape index (κ1) is 15.9. The van der Waals surface area contributed by atoms with Crippen LogP contribution in [-0.2, 0) is 19.6 Å². The molecule has 1 N–H and O–H groups in total. The summed E-state index contributed by atoms with van der Waals surface area (Å²) in [5.41, 5.74) is 0.387. The molecule has 0 radical (unpaired) electrons. The highest BCUT2D eigenvalue weighted by Gasteiger charge is 2.22. The van der Waals surface area contributed by atoms with Crippen LogP contribution in [0.15, 0.2) is 23.1 Å². The zero-order chi connectivity index (χ0) is 14.6. The number of esters is 1. The molecule has 1 unspecified atom stereocenters. The van der Waals surface area contributed by atoms with Crippen LogP contribution in [0, 0.1) is 12.7 Å². The van der Waals surface area contributed by atoms with Crippen LogP contribution < -0.4 is 4.72 Å². The van der Waals surface area contributed by atoms with Gasteiger partial charge in [-0.1, -0.05) is 6.07 Å². The normalized spacial score (nSPS) is 13.1. The molecule has 0 fully saturated rings. The predicted octanol–water partition coefficient (Wildman–Crippen LogP) is 1.19. The minimum atomic E-state index is -3.93. The molecule has 19 heavy (non-hydrogen) atoms. The molecular weight excluding hydrogens is 297 g/mol. The summed E-state index contributed by atoms with van der Waals surface area (Å²) in [4.78, 5) is 10.8. The van der Waals surface area contributed by atoms with Crippen molar-refractivity contribution < 1.29 is 22.3 Å². The monoisotopic (exact) mass is 309 g/mol. The van der Waals surface area contributed by atoms with Crippen molar-refractivity contribution in [3.63, 3.8) is 0 Å². The van der Waals surface area contributed by atoms with Crippen molar-refractivity contribution in [2.75, 3.05) is 13.7 Å². The molecule has 0 aliphatic carbocycles. The van der Waals surface area contributed by atoms with Crippen LogP contribution in [-0.4, -0.2) is 33.4 Å². The molecule has 0 saturated heterocycles. The number of methoxy groups -OCH3 is 1. The van der Waals surface area contributed by atoms with E-state index >= 15 is 0 Å². The van der Waals surface area contributed by atoms with E-state index in [-0.39, 0.29) is 11.4 Å². The van der Waals surface area contributed by atoms with E-state index in [4.69, 9.17) is 11.6 Å². The summed E-state index contributed by atoms with van der Waals surface area (Å²) in [6, 6.07) is 3.41. The lowest BCUT2D eigenvalue weighted by Gasteiger charge is -2.11. The third kappa shape index (κ3) is 4.15. The van der Waals surface area contributed by atoms with E-state index in [1.54, 1.807) is 0 Å². The van der Waals surface area contributed by atoms with Gasteiger partial charge in [0, 0.05) is 6.54 Å². The topological polar surface area (TPSA) is 72.5 Å². The molecule has 0 bridgehead atoms. The van der Waals surface area contributed by atoms with Crippen LogP contribution in [0.25, 0.3) is 0 Å². The third-order valence-corrected chi connectivity index (χ3v) is 4.25. The molecule has 0 aliphatic rings. The summed E-state index contributed by atoms with van der Waals surface area (Å²) < 4.78 is 43.4. The largest absolute Gasteiger partial charge is 0.468 e. The molecule has 0 aromatic heterocycles. The molecule has 0 saturated carbocycles. The number of sulfonamides is 1. The van der Waals surface area contributed by atoms with Crippen molar-refractivity contribution in [2.24, 2.45) is 0 Å². The van der Waals surface area contributed by atoms with Gasteiger partial charge in [-0.15, -0.1) is 11.6 Å². The maximum atomic E-state index is 13.1. The Morgan fingerprint density at radius 2 is 2.16 bits per heavy atom. The quantitative estimate of drug-likeness (QED) is 0.655. The number of carbonyl (C=O) groups excluding carboxylic acids is 1. The fourth-order valence-corrected chi connectivity index (χ4v) is 2.89. The fourth-order valence-electron chi connectivity index (χ4n) is 1.34. The van der Waals surface area contributed by atoms with Gasteiger partial charge in [-0.2, -0.15) is 0 Å². The number of nitrogens with one attached hydrogen (secondary N) is 1. The van der Waals surface area contributed by atoms with Crippen molar-refractivity contribution >= 4 is 27.6 Å². The Morgan fingerprint density at radius 3 is 2.74 bits per heavy atom. The van der Waals surface area contributed by atoms with E-state index in [1.807, 2.05) is 0 Å². The first-order valence-corrected chi connectivity index (χ1v) is 7.17. The van der Waals surface area contributed by atoms with Gasteiger partial charge in [0.1, 0.15) is 11.2 Å². The number of rotatable bonds is 5. The second kappa shape index (κ2) is 6.31. The van der Waals surface area contributed by atoms with Crippen LogP contribution in [0.3, 0.4) is 0 Å². The van der Waals surface area contributed by atoms with Gasteiger partial charge in [-0.05, 0) is 24.6 Å². The highest BCUT2D eigenvalue weighted by molar-refractivity contribution is 7.89. The van der Waals surface area contributed by atoms with E-state index in [0.29, 0.717) is 5.56 Å². The molecule has 1 aromatic rings. The zero-order valence-electron chi connectivity index (χ0n) is 10.3. The summed E-state index contributed by atoms with van der Waals surface area (Å²) in [5.74, 6) is -1.42. The van der Waals surface area contributed by atoms with Gasteiger partial charge in [-0.3, -0.25) is 4.79 Å². The van der Waals surface area contributed by atoms with Crippen LogP contribution in [0.1, 0.15) is 5.56 Å². The Kier molecular flexibility index (Phi) is 5.28. The SMILES string of the molecule is COC(=O)C(Cl)CNS(=O)(=O)c1cc(F)ccc1C. The molecular formula is C11H13ClFNO4S. The Hall–Kier alpha value is -1.18. The van der Waals surface area contributed by atoms with E-state index < -0.39 is 27.2 Å². The van der Waals surface area contributed by atoms with Gasteiger partial charge in [0.15, 0.2) is 0 Å². The van der Waals surface area contributed by atoms with E-state index in [9.17, 15) is 17.6 Å². The highest BCUT2D eigenvalue weighted by atomic mass is 35.5. The van der Waals surface area contributed by atoms with Gasteiger partial charge in [-0.25, -0.2) is 17.5 Å². The van der Waals surface area contributed by atoms with Crippen LogP contribution >= 0.6 is 11.6 Å². The molecule has 1 rings (SSSR count). The molecule has 106 valence electrons. The molecule has 1 aromatic carbocycles. The minimum Gasteiger partial charge on any atom is -0.468 e. The second-order valence-corrected chi connectivity index (χ2v) is 6.01. The molecule has 1 atom stereocenters. The number of halogens is 2. The first-order chi connectivity index (χ1) is 8.77. The Labute approximate surface area is 115 Å². The average molecular weight is 310 g/mol. The van der Waals surface area contributed by atoms with E-state index in [0.717, 1.165) is 19.2 Å². The number of alkyl halides is 1. The third-order valence-electron chi connectivity index (χ3n) is 2.35. The van der Waals surface area contributed by atoms with Gasteiger partial charge >= 0.3 is 5.97 Å². The minimum absolute atomic E-state index is 0.193. The lowest BCUT2D eigenvalue weighted by molar-refractivity contribution is -0.140. The number of carbonyl (C=O) groups is 1. The maximum absolute atomic E-state index is 13.1. The van der Waals surface area contributed by atoms with Gasteiger partial charge in [0.25, 0.3) is 0 Å². The van der Waals surface area contributed by atoms with Crippen LogP contribution in [0.2, 0.25) is 0 Å². The molecule has 0 amide bonds. The Morgan fingerprint density at radius 1 is 1.53 bits per heavy atom. The van der Waals surface area contributed by atoms with Gasteiger partial charge in [0.05, 0.1) is 12.0 Å². The summed E-state index contributed by atoms with van der Waals surface area (Å²) >= 11 is 5.62. The smallest absolute Gasteiger partial charge is 0.325 e. The average Bonchev–Trinajstić information content (AvgIpc) is 2.37. The Balaban J connectivity index is 2.87. The molecule has 0 aliphatic heterocycles. The van der Waals surface area contributed by atoms with Gasteiger partial charge in [0.2, 0.25) is 10.0 Å². The number of hydrogen-bond donors (Lipinski definition) is 1. The van der Waals surface area contributed by atoms with Crippen molar-refractivity contribution in [2.45, 2.75) is 17.2 Å².